The predicted molar refractivity (Wildman–Crippen MR) is 206 cm³/mol. The molecule has 46 heavy (non-hydrogen) atoms. The van der Waals surface area contributed by atoms with Gasteiger partial charge in [-0.15, -0.1) is 0 Å². The first-order chi connectivity index (χ1) is 23.0. The first-order valence-electron chi connectivity index (χ1n) is 21.2. The maximum Gasteiger partial charge on any atom is -0.00368 e. The molecule has 0 aromatic carbocycles. The van der Waals surface area contributed by atoms with Crippen molar-refractivity contribution < 1.29 is 0 Å². The molecule has 1 aliphatic rings. The van der Waals surface area contributed by atoms with Gasteiger partial charge in [0.15, 0.2) is 0 Å². The van der Waals surface area contributed by atoms with Gasteiger partial charge in [-0.1, -0.05) is 128 Å². The first kappa shape index (κ1) is 43.8. The highest BCUT2D eigenvalue weighted by molar-refractivity contribution is 4.58. The zero-order valence-corrected chi connectivity index (χ0v) is 31.3. The number of hydrogen-bond acceptors (Lipinski definition) is 6. The molecule has 1 heterocycles. The van der Waals surface area contributed by atoms with Crippen molar-refractivity contribution in [2.24, 2.45) is 0 Å². The van der Waals surface area contributed by atoms with Gasteiger partial charge in [-0.05, 0) is 130 Å². The molecule has 0 saturated carbocycles. The largest absolute Gasteiger partial charge is 0.317 e. The Bertz CT molecular complexity index is 280. The van der Waals surface area contributed by atoms with Gasteiger partial charge in [-0.2, -0.15) is 0 Å². The lowest BCUT2D eigenvalue weighted by Crippen LogP contribution is -2.25. The maximum atomic E-state index is 3.65. The summed E-state index contributed by atoms with van der Waals surface area (Å²) >= 11 is 0. The zero-order chi connectivity index (χ0) is 32.5. The highest BCUT2D eigenvalue weighted by Gasteiger charge is 1.98. The van der Waals surface area contributed by atoms with Gasteiger partial charge >= 0.3 is 0 Å². The lowest BCUT2D eigenvalue weighted by Gasteiger charge is -2.08. The summed E-state index contributed by atoms with van der Waals surface area (Å²) in [6.07, 6.45) is 39.1. The first-order valence-corrected chi connectivity index (χ1v) is 21.2. The van der Waals surface area contributed by atoms with E-state index in [0.717, 1.165) is 52.4 Å². The van der Waals surface area contributed by atoms with Crippen molar-refractivity contribution in [1.29, 1.82) is 0 Å². The van der Waals surface area contributed by atoms with Crippen LogP contribution in [-0.2, 0) is 0 Å². The van der Waals surface area contributed by atoms with Crippen LogP contribution >= 0.6 is 0 Å². The summed E-state index contributed by atoms with van der Waals surface area (Å²) in [7, 11) is 0. The van der Waals surface area contributed by atoms with E-state index in [2.05, 4.69) is 31.9 Å². The van der Waals surface area contributed by atoms with Crippen molar-refractivity contribution in [2.45, 2.75) is 180 Å². The average Bonchev–Trinajstić information content (AvgIpc) is 3.07. The third kappa shape index (κ3) is 38.2. The molecule has 0 atom stereocenters. The normalized spacial score (nSPS) is 24.0. The second-order valence-corrected chi connectivity index (χ2v) is 14.4. The van der Waals surface area contributed by atoms with Crippen LogP contribution in [0.1, 0.15) is 180 Å². The quantitative estimate of drug-likeness (QED) is 0.158. The lowest BCUT2D eigenvalue weighted by atomic mass is 10.1. The van der Waals surface area contributed by atoms with E-state index in [1.807, 2.05) is 0 Å². The van der Waals surface area contributed by atoms with Gasteiger partial charge in [-0.25, -0.2) is 0 Å². The van der Waals surface area contributed by atoms with Crippen molar-refractivity contribution in [3.05, 3.63) is 0 Å². The van der Waals surface area contributed by atoms with Crippen molar-refractivity contribution in [3.63, 3.8) is 0 Å². The fourth-order valence-corrected chi connectivity index (χ4v) is 6.64. The maximum absolute atomic E-state index is 3.65. The molecule has 0 spiro atoms. The summed E-state index contributed by atoms with van der Waals surface area (Å²) in [5.74, 6) is 0. The van der Waals surface area contributed by atoms with Crippen LogP contribution in [0.25, 0.3) is 0 Å². The Morgan fingerprint density at radius 3 is 0.370 bits per heavy atom. The molecular weight excluding hydrogens is 564 g/mol. The van der Waals surface area contributed by atoms with Gasteiger partial charge in [0.2, 0.25) is 0 Å². The van der Waals surface area contributed by atoms with Crippen LogP contribution < -0.4 is 31.9 Å². The third-order valence-electron chi connectivity index (χ3n) is 9.74. The molecule has 0 unspecified atom stereocenters. The molecule has 1 rings (SSSR count). The molecule has 0 amide bonds. The summed E-state index contributed by atoms with van der Waals surface area (Å²) in [6.45, 7) is 14.1. The second-order valence-electron chi connectivity index (χ2n) is 14.4. The molecule has 0 aromatic rings. The van der Waals surface area contributed by atoms with Gasteiger partial charge in [0.1, 0.15) is 0 Å². The molecule has 0 aliphatic carbocycles. The van der Waals surface area contributed by atoms with Crippen LogP contribution in [0.15, 0.2) is 0 Å². The summed E-state index contributed by atoms with van der Waals surface area (Å²) in [6, 6.07) is 0. The fourth-order valence-electron chi connectivity index (χ4n) is 6.64. The predicted octanol–water partition coefficient (Wildman–Crippen LogP) is 8.46. The Labute approximate surface area is 289 Å². The minimum Gasteiger partial charge on any atom is -0.317 e. The van der Waals surface area contributed by atoms with Crippen LogP contribution in [0.5, 0.6) is 0 Å². The standard InChI is InChI=1S/C40H86N6/c1-2-6-10-14-18-22-30-42-34-26-38-46-40-28-36-44-32-24-20-16-12-8-4-3-7-11-15-19-23-31-43-35-27-39-45-37-25-33-41-29-21-17-13-9-5-1/h41-46H,1-40H2. The Morgan fingerprint density at radius 1 is 0.109 bits per heavy atom. The van der Waals surface area contributed by atoms with E-state index >= 15 is 0 Å². The van der Waals surface area contributed by atoms with Gasteiger partial charge in [0.05, 0.1) is 0 Å². The van der Waals surface area contributed by atoms with E-state index in [1.165, 1.54) is 206 Å². The Balaban J connectivity index is 2.00. The molecule has 1 aliphatic heterocycles. The molecule has 0 radical (unpaired) electrons. The number of hydrogen-bond donors (Lipinski definition) is 6. The molecule has 6 N–H and O–H groups in total. The molecule has 276 valence electrons. The summed E-state index contributed by atoms with van der Waals surface area (Å²) in [5, 5.41) is 21.8. The molecule has 1 fully saturated rings. The summed E-state index contributed by atoms with van der Waals surface area (Å²) in [4.78, 5) is 0. The minimum absolute atomic E-state index is 1.15. The Morgan fingerprint density at radius 2 is 0.217 bits per heavy atom. The van der Waals surface area contributed by atoms with Gasteiger partial charge in [-0.3, -0.25) is 0 Å². The van der Waals surface area contributed by atoms with Gasteiger partial charge < -0.3 is 31.9 Å². The van der Waals surface area contributed by atoms with E-state index in [9.17, 15) is 0 Å². The lowest BCUT2D eigenvalue weighted by molar-refractivity contribution is 0.515. The number of nitrogens with one attached hydrogen (secondary N) is 6. The Hall–Kier alpha value is -0.240. The zero-order valence-electron chi connectivity index (χ0n) is 31.3. The molecular formula is C40H86N6. The van der Waals surface area contributed by atoms with Crippen LogP contribution in [0.2, 0.25) is 0 Å². The van der Waals surface area contributed by atoms with Crippen LogP contribution in [0, 0.1) is 0 Å². The van der Waals surface area contributed by atoms with E-state index < -0.39 is 0 Å². The fraction of sp³-hybridized carbons (Fsp3) is 1.00. The molecule has 0 aromatic heterocycles. The van der Waals surface area contributed by atoms with Crippen molar-refractivity contribution >= 4 is 0 Å². The smallest absolute Gasteiger partial charge is 0.00368 e. The van der Waals surface area contributed by atoms with Crippen LogP contribution in [0.3, 0.4) is 0 Å². The number of rotatable bonds is 0. The van der Waals surface area contributed by atoms with Crippen molar-refractivity contribution in [3.8, 4) is 0 Å². The monoisotopic (exact) mass is 651 g/mol. The third-order valence-corrected chi connectivity index (χ3v) is 9.74. The topological polar surface area (TPSA) is 72.2 Å². The van der Waals surface area contributed by atoms with E-state index in [-0.39, 0.29) is 0 Å². The molecule has 1 saturated heterocycles. The van der Waals surface area contributed by atoms with Crippen molar-refractivity contribution in [1.82, 2.24) is 31.9 Å². The second kappa shape index (κ2) is 40.9. The van der Waals surface area contributed by atoms with E-state index in [0.29, 0.717) is 0 Å². The highest BCUT2D eigenvalue weighted by Crippen LogP contribution is 2.13. The SMILES string of the molecule is C1CCCCCCCNCCCNCCCNCCCCCCCCCCCCCCNCCCNCCCNCCCCCC1. The summed E-state index contributed by atoms with van der Waals surface area (Å²) in [5.41, 5.74) is 0. The molecule has 6 heteroatoms. The summed E-state index contributed by atoms with van der Waals surface area (Å²) < 4.78 is 0. The van der Waals surface area contributed by atoms with Gasteiger partial charge in [0.25, 0.3) is 0 Å². The minimum atomic E-state index is 1.15. The van der Waals surface area contributed by atoms with E-state index in [4.69, 9.17) is 0 Å². The van der Waals surface area contributed by atoms with Gasteiger partial charge in [0, 0.05) is 0 Å². The van der Waals surface area contributed by atoms with Crippen LogP contribution in [0.4, 0.5) is 0 Å². The average molecular weight is 651 g/mol. The Kier molecular flexibility index (Phi) is 39.0. The molecule has 0 bridgehead atoms. The van der Waals surface area contributed by atoms with Crippen molar-refractivity contribution in [2.75, 3.05) is 78.5 Å². The van der Waals surface area contributed by atoms with E-state index in [1.54, 1.807) is 0 Å². The van der Waals surface area contributed by atoms with Crippen LogP contribution in [-0.4, -0.2) is 78.5 Å². The molecule has 6 nitrogen and oxygen atoms in total. The highest BCUT2D eigenvalue weighted by atomic mass is 14.9.